The maximum Gasteiger partial charge on any atom is 0.225 e. The molecule has 1 aromatic rings. The zero-order chi connectivity index (χ0) is 14.5. The van der Waals surface area contributed by atoms with Crippen LogP contribution in [0.2, 0.25) is 0 Å². The van der Waals surface area contributed by atoms with Gasteiger partial charge in [-0.3, -0.25) is 9.79 Å². The number of nitrogens with zero attached hydrogens (tertiary/aromatic N) is 1. The summed E-state index contributed by atoms with van der Waals surface area (Å²) in [5.74, 6) is 0.810. The van der Waals surface area contributed by atoms with E-state index in [1.807, 2.05) is 37.3 Å². The highest BCUT2D eigenvalue weighted by Crippen LogP contribution is 2.08. The molecule has 3 nitrogen and oxygen atoms in total. The minimum absolute atomic E-state index is 0.0441. The number of benzene rings is 1. The molecule has 0 saturated heterocycles. The van der Waals surface area contributed by atoms with E-state index in [2.05, 4.69) is 24.2 Å². The van der Waals surface area contributed by atoms with Crippen molar-refractivity contribution in [3.63, 3.8) is 0 Å². The molecule has 1 rings (SSSR count). The van der Waals surface area contributed by atoms with E-state index in [1.165, 1.54) is 6.42 Å². The summed E-state index contributed by atoms with van der Waals surface area (Å²) in [6.07, 6.45) is 1.76. The number of amides is 1. The number of carbonyl (C=O) groups is 1. The zero-order valence-electron chi connectivity index (χ0n) is 12.3. The van der Waals surface area contributed by atoms with E-state index >= 15 is 0 Å². The standard InChI is InChI=1S/C12H16N2OS.C3H8/c1-10(13-2)16-9-8-12(15)14-11-6-4-3-5-7-11;1-3-2/h3-7H,8-9H2,1-2H3,(H,14,15);3H2,1-2H3. The van der Waals surface area contributed by atoms with Crippen LogP contribution in [0.3, 0.4) is 0 Å². The average Bonchev–Trinajstić information content (AvgIpc) is 2.40. The highest BCUT2D eigenvalue weighted by molar-refractivity contribution is 8.13. The molecule has 1 aromatic carbocycles. The van der Waals surface area contributed by atoms with E-state index < -0.39 is 0 Å². The fourth-order valence-electron chi connectivity index (χ4n) is 1.10. The Balaban J connectivity index is 0.000000982. The lowest BCUT2D eigenvalue weighted by atomic mass is 10.3. The number of para-hydroxylation sites is 1. The van der Waals surface area contributed by atoms with Crippen LogP contribution in [0.15, 0.2) is 35.3 Å². The quantitative estimate of drug-likeness (QED) is 0.663. The normalized spacial score (nSPS) is 10.4. The molecule has 0 aliphatic rings. The Labute approximate surface area is 120 Å². The van der Waals surface area contributed by atoms with Gasteiger partial charge in [0, 0.05) is 24.9 Å². The van der Waals surface area contributed by atoms with Gasteiger partial charge in [-0.2, -0.15) is 0 Å². The van der Waals surface area contributed by atoms with Crippen LogP contribution in [0.25, 0.3) is 0 Å². The van der Waals surface area contributed by atoms with Gasteiger partial charge in [-0.1, -0.05) is 38.5 Å². The van der Waals surface area contributed by atoms with Crippen molar-refractivity contribution < 1.29 is 4.79 Å². The van der Waals surface area contributed by atoms with Crippen LogP contribution < -0.4 is 5.32 Å². The van der Waals surface area contributed by atoms with Gasteiger partial charge in [-0.15, -0.1) is 11.8 Å². The maximum atomic E-state index is 11.5. The largest absolute Gasteiger partial charge is 0.326 e. The summed E-state index contributed by atoms with van der Waals surface area (Å²) < 4.78 is 0. The van der Waals surface area contributed by atoms with Gasteiger partial charge in [-0.05, 0) is 19.1 Å². The molecule has 106 valence electrons. The minimum Gasteiger partial charge on any atom is -0.326 e. The van der Waals surface area contributed by atoms with Gasteiger partial charge in [0.2, 0.25) is 5.91 Å². The van der Waals surface area contributed by atoms with Crippen LogP contribution >= 0.6 is 11.8 Å². The molecular formula is C15H24N2OS. The molecule has 0 saturated carbocycles. The summed E-state index contributed by atoms with van der Waals surface area (Å²) in [5, 5.41) is 3.85. The summed E-state index contributed by atoms with van der Waals surface area (Å²) in [6.45, 7) is 6.19. The summed E-state index contributed by atoms with van der Waals surface area (Å²) in [5.41, 5.74) is 0.846. The lowest BCUT2D eigenvalue weighted by molar-refractivity contribution is -0.115. The highest BCUT2D eigenvalue weighted by Gasteiger charge is 2.02. The van der Waals surface area contributed by atoms with Crippen molar-refractivity contribution in [2.24, 2.45) is 4.99 Å². The molecule has 0 aromatic heterocycles. The second kappa shape index (κ2) is 11.8. The first-order chi connectivity index (χ1) is 9.13. The second-order valence-electron chi connectivity index (χ2n) is 3.96. The van der Waals surface area contributed by atoms with Gasteiger partial charge in [0.1, 0.15) is 0 Å². The Morgan fingerprint density at radius 1 is 1.26 bits per heavy atom. The number of hydrogen-bond acceptors (Lipinski definition) is 3. The summed E-state index contributed by atoms with van der Waals surface area (Å²) in [7, 11) is 1.76. The van der Waals surface area contributed by atoms with Crippen molar-refractivity contribution in [2.75, 3.05) is 18.1 Å². The molecule has 19 heavy (non-hydrogen) atoms. The van der Waals surface area contributed by atoms with Crippen LogP contribution in [0.5, 0.6) is 0 Å². The van der Waals surface area contributed by atoms with E-state index in [4.69, 9.17) is 0 Å². The summed E-state index contributed by atoms with van der Waals surface area (Å²) >= 11 is 1.60. The Kier molecular flexibility index (Phi) is 11.0. The number of anilines is 1. The van der Waals surface area contributed by atoms with Gasteiger partial charge in [-0.25, -0.2) is 0 Å². The van der Waals surface area contributed by atoms with Crippen molar-refractivity contribution in [2.45, 2.75) is 33.6 Å². The lowest BCUT2D eigenvalue weighted by Crippen LogP contribution is -2.12. The minimum atomic E-state index is 0.0441. The summed E-state index contributed by atoms with van der Waals surface area (Å²) in [4.78, 5) is 15.5. The van der Waals surface area contributed by atoms with E-state index in [-0.39, 0.29) is 5.91 Å². The van der Waals surface area contributed by atoms with Crippen LogP contribution in [-0.4, -0.2) is 23.8 Å². The van der Waals surface area contributed by atoms with Crippen molar-refractivity contribution >= 4 is 28.4 Å². The van der Waals surface area contributed by atoms with Crippen LogP contribution in [0, 0.1) is 0 Å². The Morgan fingerprint density at radius 3 is 2.37 bits per heavy atom. The molecule has 0 aliphatic heterocycles. The van der Waals surface area contributed by atoms with E-state index in [0.717, 1.165) is 16.5 Å². The van der Waals surface area contributed by atoms with E-state index in [0.29, 0.717) is 6.42 Å². The fraction of sp³-hybridized carbons (Fsp3) is 0.467. The smallest absolute Gasteiger partial charge is 0.225 e. The van der Waals surface area contributed by atoms with Gasteiger partial charge in [0.15, 0.2) is 0 Å². The number of rotatable bonds is 4. The molecule has 0 aliphatic carbocycles. The molecule has 1 N–H and O–H groups in total. The molecule has 0 radical (unpaired) electrons. The van der Waals surface area contributed by atoms with E-state index in [1.54, 1.807) is 18.8 Å². The first kappa shape index (κ1) is 17.7. The molecule has 0 atom stereocenters. The van der Waals surface area contributed by atoms with E-state index in [9.17, 15) is 4.79 Å². The topological polar surface area (TPSA) is 41.5 Å². The lowest BCUT2D eigenvalue weighted by Gasteiger charge is -2.04. The Morgan fingerprint density at radius 2 is 1.84 bits per heavy atom. The molecule has 0 heterocycles. The fourth-order valence-corrected chi connectivity index (χ4v) is 1.81. The van der Waals surface area contributed by atoms with Crippen molar-refractivity contribution in [1.29, 1.82) is 0 Å². The van der Waals surface area contributed by atoms with Gasteiger partial charge >= 0.3 is 0 Å². The SMILES string of the molecule is CCC.CN=C(C)SCCC(=O)Nc1ccccc1. The molecule has 0 unspecified atom stereocenters. The predicted molar refractivity (Wildman–Crippen MR) is 87.1 cm³/mol. The van der Waals surface area contributed by atoms with Crippen molar-refractivity contribution in [3.8, 4) is 0 Å². The molecular weight excluding hydrogens is 256 g/mol. The molecule has 0 bridgehead atoms. The van der Waals surface area contributed by atoms with Crippen molar-refractivity contribution in [1.82, 2.24) is 0 Å². The number of hydrogen-bond donors (Lipinski definition) is 1. The van der Waals surface area contributed by atoms with Gasteiger partial charge in [0.05, 0.1) is 5.04 Å². The Bertz CT molecular complexity index is 377. The number of carbonyl (C=O) groups excluding carboxylic acids is 1. The van der Waals surface area contributed by atoms with Gasteiger partial charge < -0.3 is 5.32 Å². The summed E-state index contributed by atoms with van der Waals surface area (Å²) in [6, 6.07) is 9.48. The third-order valence-electron chi connectivity index (χ3n) is 2.01. The zero-order valence-corrected chi connectivity index (χ0v) is 13.1. The monoisotopic (exact) mass is 280 g/mol. The number of aliphatic imine (C=N–C) groups is 1. The molecule has 4 heteroatoms. The predicted octanol–water partition coefficient (Wildman–Crippen LogP) is 4.21. The average molecular weight is 280 g/mol. The maximum absolute atomic E-state index is 11.5. The molecule has 1 amide bonds. The highest BCUT2D eigenvalue weighted by atomic mass is 32.2. The third-order valence-corrected chi connectivity index (χ3v) is 3.02. The molecule has 0 spiro atoms. The second-order valence-corrected chi connectivity index (χ2v) is 5.25. The van der Waals surface area contributed by atoms with Crippen LogP contribution in [-0.2, 0) is 4.79 Å². The van der Waals surface area contributed by atoms with Crippen LogP contribution in [0.1, 0.15) is 33.6 Å². The van der Waals surface area contributed by atoms with Crippen LogP contribution in [0.4, 0.5) is 5.69 Å². The molecule has 0 fully saturated rings. The third kappa shape index (κ3) is 10.3. The first-order valence-corrected chi connectivity index (χ1v) is 7.53. The first-order valence-electron chi connectivity index (χ1n) is 6.55. The van der Waals surface area contributed by atoms with Crippen molar-refractivity contribution in [3.05, 3.63) is 30.3 Å². The Hall–Kier alpha value is -1.29. The number of thioether (sulfide) groups is 1. The van der Waals surface area contributed by atoms with Gasteiger partial charge in [0.25, 0.3) is 0 Å². The number of nitrogens with one attached hydrogen (secondary N) is 1.